The van der Waals surface area contributed by atoms with E-state index < -0.39 is 0 Å². The Morgan fingerprint density at radius 1 is 0.193 bits per heavy atom. The Kier molecular flexibility index (Phi) is 20.7. The molecule has 17 aromatic carbocycles. The second kappa shape index (κ2) is 35.1. The summed E-state index contributed by atoms with van der Waals surface area (Å²) in [6, 6.07) is 156. The predicted octanol–water partition coefficient (Wildman–Crippen LogP) is 34.3. The number of nitrogens with zero attached hydrogens (tertiary/aromatic N) is 12. The van der Waals surface area contributed by atoms with Crippen molar-refractivity contribution in [2.24, 2.45) is 0 Å². The first-order valence-electron chi connectivity index (χ1n) is 51.4. The molecule has 3 aliphatic carbocycles. The lowest BCUT2D eigenvalue weighted by molar-refractivity contribution is 0.664. The highest BCUT2D eigenvalue weighted by Crippen LogP contribution is 2.61. The third kappa shape index (κ3) is 14.1. The van der Waals surface area contributed by atoms with E-state index in [0.717, 1.165) is 101 Å². The fourth-order valence-electron chi connectivity index (χ4n) is 24.7. The number of hydrogen-bond donors (Lipinski definition) is 0. The van der Waals surface area contributed by atoms with E-state index in [1.54, 1.807) is 12.4 Å². The lowest BCUT2D eigenvalue weighted by Crippen LogP contribution is -2.16. The molecule has 10 heterocycles. The van der Waals surface area contributed by atoms with Crippen LogP contribution in [0.15, 0.2) is 474 Å². The van der Waals surface area contributed by atoms with Crippen LogP contribution < -0.4 is 0 Å². The molecule has 0 spiro atoms. The predicted molar refractivity (Wildman–Crippen MR) is 617 cm³/mol. The standard InChI is InChI=1S/3C46H32N4/c1-46(2)37-23-13-11-21-35(37)39-33-19-9-10-20-34(33)40-36-22-12-14-24-38(36)50(42(40)41(39)46)32-27-25-31(26-28-32)45-48-43(29-15-5-3-6-16-29)47-44(49-45)30-17-7-4-8-18-30;1-46(2)36-17-7-5-15-34(36)42-32-13-3-4-14-33(32)43-35-16-6-8-20-41(35)50(45(43)44(42)46)31-23-21-29(22-24-31)30-27-39(37-18-9-11-25-47-37)49-40(28-30)38-19-10-12-26-48-38;1-46(2)38-17-7-5-15-36(38)42-34-13-3-4-14-35(34)43-37-16-6-8-18-41(37)50(45(43)44(42)46)33-21-19-29(20-22-33)32-25-39(30-11-9-23-47-27-30)49-40(26-32)31-12-10-24-48-28-31/h3*3-28H,1-2H3. The smallest absolute Gasteiger partial charge is 0.164 e. The minimum Gasteiger partial charge on any atom is -0.309 e. The Hall–Kier alpha value is -19.2. The molecule has 0 N–H and O–H groups in total. The molecule has 10 aromatic heterocycles. The average Bonchev–Trinajstić information content (AvgIpc) is 1.53. The van der Waals surface area contributed by atoms with Crippen LogP contribution in [0.4, 0.5) is 0 Å². The van der Waals surface area contributed by atoms with Gasteiger partial charge in [0.1, 0.15) is 0 Å². The van der Waals surface area contributed by atoms with E-state index in [9.17, 15) is 0 Å². The number of aromatic nitrogens is 12. The fourth-order valence-corrected chi connectivity index (χ4v) is 24.7. The second-order valence-electron chi connectivity index (χ2n) is 41.0. The van der Waals surface area contributed by atoms with Crippen LogP contribution in [-0.2, 0) is 16.2 Å². The summed E-state index contributed by atoms with van der Waals surface area (Å²) in [6.07, 6.45) is 10.9. The summed E-state index contributed by atoms with van der Waals surface area (Å²) in [5.74, 6) is 1.96. The van der Waals surface area contributed by atoms with Gasteiger partial charge in [-0.1, -0.05) is 339 Å². The van der Waals surface area contributed by atoms with Crippen LogP contribution in [0.2, 0.25) is 0 Å². The van der Waals surface area contributed by atoms with Crippen molar-refractivity contribution in [3.05, 3.63) is 507 Å². The van der Waals surface area contributed by atoms with Crippen LogP contribution in [-0.4, -0.2) is 58.6 Å². The topological polar surface area (TPSA) is 131 Å². The molecule has 12 nitrogen and oxygen atoms in total. The van der Waals surface area contributed by atoms with Gasteiger partial charge in [0.05, 0.1) is 67.3 Å². The third-order valence-electron chi connectivity index (χ3n) is 31.4. The van der Waals surface area contributed by atoms with Crippen LogP contribution in [0, 0.1) is 0 Å². The number of para-hydroxylation sites is 3. The van der Waals surface area contributed by atoms with Crippen LogP contribution in [0.1, 0.15) is 74.9 Å². The molecule has 3 aliphatic rings. The molecule has 0 aliphatic heterocycles. The van der Waals surface area contributed by atoms with Gasteiger partial charge in [0.25, 0.3) is 0 Å². The molecular weight excluding hydrogens is 1830 g/mol. The maximum absolute atomic E-state index is 5.03. The Labute approximate surface area is 867 Å². The van der Waals surface area contributed by atoms with Gasteiger partial charge in [-0.05, 0) is 261 Å². The lowest BCUT2D eigenvalue weighted by Gasteiger charge is -2.24. The van der Waals surface area contributed by atoms with Gasteiger partial charge in [-0.25, -0.2) is 24.9 Å². The highest BCUT2D eigenvalue weighted by molar-refractivity contribution is 6.30. The summed E-state index contributed by atoms with van der Waals surface area (Å²) < 4.78 is 7.48. The van der Waals surface area contributed by atoms with Crippen molar-refractivity contribution in [3.63, 3.8) is 0 Å². The highest BCUT2D eigenvalue weighted by atomic mass is 15.0. The number of pyridine rings is 6. The van der Waals surface area contributed by atoms with Gasteiger partial charge < -0.3 is 13.7 Å². The molecule has 0 amide bonds. The first-order chi connectivity index (χ1) is 73.7. The molecule has 12 heteroatoms. The van der Waals surface area contributed by atoms with Gasteiger partial charge in [0.15, 0.2) is 17.5 Å². The molecule has 0 saturated heterocycles. The Balaban J connectivity index is 0.000000108. The van der Waals surface area contributed by atoms with Crippen LogP contribution in [0.25, 0.3) is 250 Å². The Bertz CT molecular complexity index is 9030. The summed E-state index contributed by atoms with van der Waals surface area (Å²) >= 11 is 0. The largest absolute Gasteiger partial charge is 0.309 e. The molecule has 708 valence electrons. The van der Waals surface area contributed by atoms with E-state index in [4.69, 9.17) is 24.9 Å². The second-order valence-corrected chi connectivity index (χ2v) is 41.0. The van der Waals surface area contributed by atoms with Crippen molar-refractivity contribution in [3.8, 4) is 152 Å². The minimum atomic E-state index is -0.188. The zero-order chi connectivity index (χ0) is 100. The van der Waals surface area contributed by atoms with Crippen LogP contribution in [0.5, 0.6) is 0 Å². The summed E-state index contributed by atoms with van der Waals surface area (Å²) in [5.41, 5.74) is 40.9. The Morgan fingerprint density at radius 2 is 0.467 bits per heavy atom. The molecule has 0 unspecified atom stereocenters. The van der Waals surface area contributed by atoms with Gasteiger partial charge in [0, 0.05) is 131 Å². The van der Waals surface area contributed by atoms with Crippen LogP contribution in [0.3, 0.4) is 0 Å². The number of benzene rings is 17. The van der Waals surface area contributed by atoms with Crippen LogP contribution >= 0.6 is 0 Å². The minimum absolute atomic E-state index is 0.178. The molecule has 0 saturated carbocycles. The quantitative estimate of drug-likeness (QED) is 0.117. The third-order valence-corrected chi connectivity index (χ3v) is 31.4. The molecule has 0 fully saturated rings. The first-order valence-corrected chi connectivity index (χ1v) is 51.4. The van der Waals surface area contributed by atoms with E-state index in [1.165, 1.54) is 164 Å². The summed E-state index contributed by atoms with van der Waals surface area (Å²) in [6.45, 7) is 14.3. The maximum Gasteiger partial charge on any atom is 0.164 e. The van der Waals surface area contributed by atoms with E-state index in [0.29, 0.717) is 17.5 Å². The van der Waals surface area contributed by atoms with Crippen molar-refractivity contribution in [2.45, 2.75) is 57.8 Å². The number of rotatable bonds is 12. The van der Waals surface area contributed by atoms with Crippen molar-refractivity contribution in [1.82, 2.24) is 58.6 Å². The van der Waals surface area contributed by atoms with E-state index >= 15 is 0 Å². The monoisotopic (exact) mass is 1920 g/mol. The summed E-state index contributed by atoms with van der Waals surface area (Å²) in [7, 11) is 0. The summed E-state index contributed by atoms with van der Waals surface area (Å²) in [5, 5.41) is 15.5. The van der Waals surface area contributed by atoms with E-state index in [2.05, 4.69) is 403 Å². The SMILES string of the molecule is CC1(C)c2ccccc2-c2c1c1c(c3ccccc23)c2ccccc2n1-c1ccc(-c2cc(-c3ccccn3)nc(-c3ccccn3)c2)cc1.CC1(C)c2ccccc2-c2c1c1c(c3ccccc23)c2ccccc2n1-c1ccc(-c2cc(-c3cccnc3)nc(-c3cccnc3)c2)cc1.CC1(C)c2ccccc2-c2c1c1c(c3ccccc23)c2ccccc2n1-c1ccc(-c2nc(-c3ccccc3)nc(-c3ccccc3)n2)cc1. The molecule has 0 atom stereocenters. The van der Waals surface area contributed by atoms with Crippen molar-refractivity contribution < 1.29 is 0 Å². The molecular formula is C138H96N12. The average molecular weight is 1920 g/mol. The van der Waals surface area contributed by atoms with E-state index in [-0.39, 0.29) is 16.2 Å². The first kappa shape index (κ1) is 88.5. The van der Waals surface area contributed by atoms with Crippen molar-refractivity contribution in [2.75, 3.05) is 0 Å². The van der Waals surface area contributed by atoms with Gasteiger partial charge in [-0.3, -0.25) is 19.9 Å². The molecule has 150 heavy (non-hydrogen) atoms. The zero-order valence-electron chi connectivity index (χ0n) is 83.4. The molecule has 27 aromatic rings. The maximum atomic E-state index is 5.03. The van der Waals surface area contributed by atoms with Gasteiger partial charge in [0.2, 0.25) is 0 Å². The van der Waals surface area contributed by atoms with Gasteiger partial charge >= 0.3 is 0 Å². The molecule has 30 rings (SSSR count). The molecule has 0 bridgehead atoms. The van der Waals surface area contributed by atoms with Crippen molar-refractivity contribution in [1.29, 1.82) is 0 Å². The lowest BCUT2D eigenvalue weighted by atomic mass is 9.80. The number of hydrogen-bond acceptors (Lipinski definition) is 9. The van der Waals surface area contributed by atoms with Gasteiger partial charge in [-0.2, -0.15) is 0 Å². The van der Waals surface area contributed by atoms with Gasteiger partial charge in [-0.15, -0.1) is 0 Å². The number of fused-ring (bicyclic) bond motifs is 30. The Morgan fingerprint density at radius 3 is 0.793 bits per heavy atom. The fraction of sp³-hybridized carbons (Fsp3) is 0.0652. The zero-order valence-corrected chi connectivity index (χ0v) is 83.4. The molecule has 0 radical (unpaired) electrons. The normalized spacial score (nSPS) is 13.2. The summed E-state index contributed by atoms with van der Waals surface area (Å²) in [4.78, 5) is 42.8. The van der Waals surface area contributed by atoms with E-state index in [1.807, 2.05) is 134 Å². The highest BCUT2D eigenvalue weighted by Gasteiger charge is 2.44. The van der Waals surface area contributed by atoms with Crippen molar-refractivity contribution >= 4 is 97.7 Å².